The van der Waals surface area contributed by atoms with Crippen molar-refractivity contribution in [3.05, 3.63) is 11.8 Å². The second kappa shape index (κ2) is 9.99. The smallest absolute Gasteiger partial charge is 0.132 e. The van der Waals surface area contributed by atoms with E-state index in [-0.39, 0.29) is 0 Å². The number of ketones is 1. The Morgan fingerprint density at radius 1 is 0.810 bits per heavy atom. The molecule has 4 rings (SSSR count). The number of carbonyl (C=O) groups excluding carboxylic acids is 1. The lowest BCUT2D eigenvalue weighted by Crippen LogP contribution is -2.16. The highest BCUT2D eigenvalue weighted by atomic mass is 16.1. The molecule has 0 amide bonds. The number of nitrogens with one attached hydrogen (secondary N) is 1. The quantitative estimate of drug-likeness (QED) is 0.800. The van der Waals surface area contributed by atoms with Gasteiger partial charge in [-0.15, -0.1) is 0 Å². The van der Waals surface area contributed by atoms with Crippen LogP contribution < -0.4 is 5.32 Å². The molecule has 3 nitrogen and oxygen atoms in total. The van der Waals surface area contributed by atoms with Gasteiger partial charge in [-0.05, 0) is 70.9 Å². The maximum atomic E-state index is 10.2. The third kappa shape index (κ3) is 6.64. The average Bonchev–Trinajstić information content (AvgIpc) is 3.27. The fraction of sp³-hybridized carbons (Fsp3) is 0.833. The monoisotopic (exact) mass is 292 g/mol. The minimum atomic E-state index is 0.454. The Hall–Kier alpha value is -0.830. The van der Waals surface area contributed by atoms with Crippen molar-refractivity contribution in [1.29, 1.82) is 0 Å². The molecule has 3 fully saturated rings. The number of rotatable bonds is 1. The number of likely N-dealkylation sites (tertiary alicyclic amines) is 1. The zero-order valence-corrected chi connectivity index (χ0v) is 13.5. The Kier molecular flexibility index (Phi) is 7.87. The van der Waals surface area contributed by atoms with Crippen molar-refractivity contribution in [2.24, 2.45) is 0 Å². The van der Waals surface area contributed by atoms with Gasteiger partial charge in [0.1, 0.15) is 5.78 Å². The van der Waals surface area contributed by atoms with E-state index in [0.717, 1.165) is 25.7 Å². The summed E-state index contributed by atoms with van der Waals surface area (Å²) in [5.41, 5.74) is 1.64. The Balaban J connectivity index is 0.000000126. The summed E-state index contributed by atoms with van der Waals surface area (Å²) in [4.78, 5) is 12.8. The Morgan fingerprint density at radius 2 is 1.48 bits per heavy atom. The second-order valence-electron chi connectivity index (χ2n) is 6.48. The molecular weight excluding hydrogens is 260 g/mol. The van der Waals surface area contributed by atoms with Crippen molar-refractivity contribution in [2.45, 2.75) is 70.6 Å². The summed E-state index contributed by atoms with van der Waals surface area (Å²) in [5, 5.41) is 3.22. The van der Waals surface area contributed by atoms with Crippen LogP contribution in [0.1, 0.15) is 70.6 Å². The van der Waals surface area contributed by atoms with E-state index in [1.165, 1.54) is 71.1 Å². The molecule has 0 aromatic carbocycles. The van der Waals surface area contributed by atoms with Crippen LogP contribution in [0.5, 0.6) is 0 Å². The lowest BCUT2D eigenvalue weighted by Gasteiger charge is -2.18. The van der Waals surface area contributed by atoms with Gasteiger partial charge in [0.2, 0.25) is 0 Å². The molecule has 3 heteroatoms. The van der Waals surface area contributed by atoms with E-state index >= 15 is 0 Å². The highest BCUT2D eigenvalue weighted by Crippen LogP contribution is 2.24. The van der Waals surface area contributed by atoms with Crippen LogP contribution in [0.2, 0.25) is 0 Å². The summed E-state index contributed by atoms with van der Waals surface area (Å²) in [5.74, 6) is 0.454. The zero-order chi connectivity index (χ0) is 14.8. The van der Waals surface area contributed by atoms with Crippen LogP contribution in [0.3, 0.4) is 0 Å². The average molecular weight is 292 g/mol. The first kappa shape index (κ1) is 16.5. The molecule has 0 aromatic heterocycles. The van der Waals surface area contributed by atoms with Gasteiger partial charge in [-0.25, -0.2) is 0 Å². The summed E-state index contributed by atoms with van der Waals surface area (Å²) >= 11 is 0. The Labute approximate surface area is 130 Å². The first-order valence-electron chi connectivity index (χ1n) is 9.02. The van der Waals surface area contributed by atoms with Crippen molar-refractivity contribution < 1.29 is 4.79 Å². The second-order valence-corrected chi connectivity index (χ2v) is 6.48. The molecule has 2 aliphatic carbocycles. The van der Waals surface area contributed by atoms with Gasteiger partial charge in [0, 0.05) is 31.6 Å². The highest BCUT2D eigenvalue weighted by molar-refractivity contribution is 5.80. The number of carbonyl (C=O) groups is 1. The number of Topliss-reactive ketones (excluding diaryl/α,β-unsaturated/α-hetero) is 1. The Morgan fingerprint density at radius 3 is 1.86 bits per heavy atom. The van der Waals surface area contributed by atoms with Crippen LogP contribution in [0.15, 0.2) is 11.8 Å². The summed E-state index contributed by atoms with van der Waals surface area (Å²) in [6.07, 6.45) is 16.1. The summed E-state index contributed by atoms with van der Waals surface area (Å²) in [7, 11) is 0. The molecule has 0 spiro atoms. The Bertz CT molecular complexity index is 313. The number of hydrogen-bond acceptors (Lipinski definition) is 3. The molecule has 120 valence electrons. The summed E-state index contributed by atoms with van der Waals surface area (Å²) < 4.78 is 0. The molecule has 0 atom stereocenters. The van der Waals surface area contributed by atoms with Crippen molar-refractivity contribution in [3.8, 4) is 0 Å². The van der Waals surface area contributed by atoms with Crippen LogP contribution in [0.4, 0.5) is 0 Å². The van der Waals surface area contributed by atoms with Crippen LogP contribution in [0.25, 0.3) is 0 Å². The largest absolute Gasteiger partial charge is 0.375 e. The van der Waals surface area contributed by atoms with Crippen LogP contribution >= 0.6 is 0 Å². The molecule has 2 aliphatic heterocycles. The van der Waals surface area contributed by atoms with Gasteiger partial charge in [0.25, 0.3) is 0 Å². The molecule has 0 aromatic rings. The lowest BCUT2D eigenvalue weighted by atomic mass is 10.3. The zero-order valence-electron chi connectivity index (χ0n) is 13.5. The molecule has 2 saturated heterocycles. The molecule has 1 saturated carbocycles. The van der Waals surface area contributed by atoms with Crippen molar-refractivity contribution in [2.75, 3.05) is 26.2 Å². The number of nitrogens with zero attached hydrogens (tertiary/aromatic N) is 1. The van der Waals surface area contributed by atoms with Crippen molar-refractivity contribution >= 4 is 5.78 Å². The normalized spacial score (nSPS) is 24.3. The minimum absolute atomic E-state index is 0.454. The standard InChI is InChI=1S/C9H15N.C5H8O.C4H9N/c1-2-6-9(5-1)10-7-3-4-8-10;6-5-3-1-2-4-5;1-2-4-5-3-1/h5H,1-4,6-8H2;1-4H2;5H,1-4H2. The molecule has 0 unspecified atom stereocenters. The van der Waals surface area contributed by atoms with Gasteiger partial charge < -0.3 is 10.2 Å². The van der Waals surface area contributed by atoms with E-state index in [1.807, 2.05) is 0 Å². The van der Waals surface area contributed by atoms with Crippen LogP contribution in [0, 0.1) is 0 Å². The minimum Gasteiger partial charge on any atom is -0.375 e. The van der Waals surface area contributed by atoms with Gasteiger partial charge in [-0.2, -0.15) is 0 Å². The van der Waals surface area contributed by atoms with E-state index < -0.39 is 0 Å². The molecule has 2 heterocycles. The third-order valence-corrected chi connectivity index (χ3v) is 4.65. The van der Waals surface area contributed by atoms with E-state index in [1.54, 1.807) is 5.70 Å². The van der Waals surface area contributed by atoms with Gasteiger partial charge in [-0.1, -0.05) is 6.08 Å². The topological polar surface area (TPSA) is 32.3 Å². The van der Waals surface area contributed by atoms with Crippen LogP contribution in [-0.2, 0) is 4.79 Å². The van der Waals surface area contributed by atoms with Gasteiger partial charge in [0.15, 0.2) is 0 Å². The lowest BCUT2D eigenvalue weighted by molar-refractivity contribution is -0.117. The summed E-state index contributed by atoms with van der Waals surface area (Å²) in [6, 6.07) is 0. The van der Waals surface area contributed by atoms with Gasteiger partial charge in [0.05, 0.1) is 0 Å². The molecule has 0 radical (unpaired) electrons. The number of hydrogen-bond donors (Lipinski definition) is 1. The highest BCUT2D eigenvalue weighted by Gasteiger charge is 2.16. The fourth-order valence-electron chi connectivity index (χ4n) is 3.34. The van der Waals surface area contributed by atoms with Gasteiger partial charge >= 0.3 is 0 Å². The molecule has 4 aliphatic rings. The first-order chi connectivity index (χ1) is 10.4. The summed E-state index contributed by atoms with van der Waals surface area (Å²) in [6.45, 7) is 5.15. The fourth-order valence-corrected chi connectivity index (χ4v) is 3.34. The first-order valence-corrected chi connectivity index (χ1v) is 9.02. The predicted molar refractivity (Wildman–Crippen MR) is 88.3 cm³/mol. The molecule has 21 heavy (non-hydrogen) atoms. The maximum Gasteiger partial charge on any atom is 0.132 e. The maximum absolute atomic E-state index is 10.2. The molecule has 1 N–H and O–H groups in total. The number of allylic oxidation sites excluding steroid dienone is 2. The van der Waals surface area contributed by atoms with Gasteiger partial charge in [-0.3, -0.25) is 4.79 Å². The van der Waals surface area contributed by atoms with Crippen LogP contribution in [-0.4, -0.2) is 36.9 Å². The molecule has 0 bridgehead atoms. The van der Waals surface area contributed by atoms with E-state index in [9.17, 15) is 4.79 Å². The SMILES string of the molecule is C1=C(N2CCCC2)CCC1.C1CCNC1.O=C1CCCC1. The van der Waals surface area contributed by atoms with E-state index in [2.05, 4.69) is 16.3 Å². The van der Waals surface area contributed by atoms with Crippen molar-refractivity contribution in [3.63, 3.8) is 0 Å². The predicted octanol–water partition coefficient (Wildman–Crippen LogP) is 3.65. The van der Waals surface area contributed by atoms with E-state index in [0.29, 0.717) is 5.78 Å². The molecular formula is C18H32N2O. The third-order valence-electron chi connectivity index (χ3n) is 4.65. The van der Waals surface area contributed by atoms with E-state index in [4.69, 9.17) is 0 Å². The van der Waals surface area contributed by atoms with Crippen molar-refractivity contribution in [1.82, 2.24) is 10.2 Å².